The maximum atomic E-state index is 12.6. The first-order chi connectivity index (χ1) is 10.7. The van der Waals surface area contributed by atoms with Crippen LogP contribution in [0.15, 0.2) is 35.1 Å². The van der Waals surface area contributed by atoms with Crippen molar-refractivity contribution in [3.05, 3.63) is 57.4 Å². The van der Waals surface area contributed by atoms with Crippen LogP contribution < -0.4 is 11.3 Å². The number of aryl methyl sites for hydroxylation is 2. The Hall–Kier alpha value is -1.87. The molecule has 1 heterocycles. The first-order valence-corrected chi connectivity index (χ1v) is 8.29. The molecule has 0 bridgehead atoms. The standard InChI is InChI=1S/C19H24N2O/c1-2-11-21-18(10-9-17(13-20)19(21)22)16-8-7-14-5-3-4-6-15(14)12-16/h7-10,12H,2-6,11,13,20H2,1H3. The van der Waals surface area contributed by atoms with Gasteiger partial charge in [-0.15, -0.1) is 0 Å². The van der Waals surface area contributed by atoms with Gasteiger partial charge in [0.15, 0.2) is 0 Å². The lowest BCUT2D eigenvalue weighted by Gasteiger charge is -2.19. The molecule has 2 N–H and O–H groups in total. The minimum Gasteiger partial charge on any atom is -0.326 e. The molecule has 1 aliphatic carbocycles. The number of pyridine rings is 1. The highest BCUT2D eigenvalue weighted by Crippen LogP contribution is 2.27. The normalized spacial score (nSPS) is 13.9. The van der Waals surface area contributed by atoms with Gasteiger partial charge in [-0.05, 0) is 60.9 Å². The maximum absolute atomic E-state index is 12.6. The Bertz CT molecular complexity index is 731. The van der Waals surface area contributed by atoms with E-state index in [0.717, 1.165) is 30.6 Å². The summed E-state index contributed by atoms with van der Waals surface area (Å²) in [5, 5.41) is 0. The van der Waals surface area contributed by atoms with Crippen LogP contribution in [0.2, 0.25) is 0 Å². The lowest BCUT2D eigenvalue weighted by Crippen LogP contribution is -2.26. The highest BCUT2D eigenvalue weighted by Gasteiger charge is 2.13. The summed E-state index contributed by atoms with van der Waals surface area (Å²) in [7, 11) is 0. The molecule has 0 radical (unpaired) electrons. The molecule has 0 amide bonds. The monoisotopic (exact) mass is 296 g/mol. The molecule has 1 aromatic carbocycles. The summed E-state index contributed by atoms with van der Waals surface area (Å²) >= 11 is 0. The number of aromatic nitrogens is 1. The molecule has 3 heteroatoms. The molecule has 116 valence electrons. The van der Waals surface area contributed by atoms with Crippen LogP contribution >= 0.6 is 0 Å². The van der Waals surface area contributed by atoms with E-state index in [-0.39, 0.29) is 5.56 Å². The lowest BCUT2D eigenvalue weighted by atomic mass is 9.90. The summed E-state index contributed by atoms with van der Waals surface area (Å²) in [6.07, 6.45) is 5.83. The molecule has 0 unspecified atom stereocenters. The van der Waals surface area contributed by atoms with Crippen LogP contribution in [0.1, 0.15) is 42.9 Å². The molecule has 3 nitrogen and oxygen atoms in total. The highest BCUT2D eigenvalue weighted by atomic mass is 16.1. The van der Waals surface area contributed by atoms with Gasteiger partial charge in [-0.25, -0.2) is 0 Å². The van der Waals surface area contributed by atoms with E-state index in [1.165, 1.54) is 30.4 Å². The average molecular weight is 296 g/mol. The number of nitrogens with zero attached hydrogens (tertiary/aromatic N) is 1. The molecule has 22 heavy (non-hydrogen) atoms. The smallest absolute Gasteiger partial charge is 0.255 e. The van der Waals surface area contributed by atoms with Crippen molar-refractivity contribution in [2.75, 3.05) is 0 Å². The quantitative estimate of drug-likeness (QED) is 0.941. The van der Waals surface area contributed by atoms with E-state index in [4.69, 9.17) is 5.73 Å². The Morgan fingerprint density at radius 2 is 1.86 bits per heavy atom. The van der Waals surface area contributed by atoms with Crippen molar-refractivity contribution in [3.63, 3.8) is 0 Å². The fraction of sp³-hybridized carbons (Fsp3) is 0.421. The van der Waals surface area contributed by atoms with Crippen LogP contribution in [0, 0.1) is 0 Å². The van der Waals surface area contributed by atoms with Crippen molar-refractivity contribution < 1.29 is 0 Å². The zero-order valence-corrected chi connectivity index (χ0v) is 13.3. The molecular formula is C19H24N2O. The third kappa shape index (κ3) is 2.73. The molecular weight excluding hydrogens is 272 g/mol. The van der Waals surface area contributed by atoms with Crippen LogP contribution in [0.5, 0.6) is 0 Å². The van der Waals surface area contributed by atoms with Gasteiger partial charge in [-0.2, -0.15) is 0 Å². The Morgan fingerprint density at radius 3 is 2.59 bits per heavy atom. The number of rotatable bonds is 4. The van der Waals surface area contributed by atoms with E-state index >= 15 is 0 Å². The second-order valence-electron chi connectivity index (χ2n) is 6.10. The first kappa shape index (κ1) is 15.0. The molecule has 0 aliphatic heterocycles. The van der Waals surface area contributed by atoms with Gasteiger partial charge in [0.2, 0.25) is 0 Å². The van der Waals surface area contributed by atoms with Gasteiger partial charge >= 0.3 is 0 Å². The number of hydrogen-bond donors (Lipinski definition) is 1. The average Bonchev–Trinajstić information content (AvgIpc) is 2.56. The molecule has 0 fully saturated rings. The Balaban J connectivity index is 2.11. The van der Waals surface area contributed by atoms with Crippen LogP contribution in [-0.4, -0.2) is 4.57 Å². The molecule has 0 spiro atoms. The van der Waals surface area contributed by atoms with Crippen molar-refractivity contribution in [2.24, 2.45) is 5.73 Å². The summed E-state index contributed by atoms with van der Waals surface area (Å²) in [5.74, 6) is 0. The zero-order valence-electron chi connectivity index (χ0n) is 13.3. The van der Waals surface area contributed by atoms with E-state index in [1.807, 2.05) is 16.7 Å². The summed E-state index contributed by atoms with van der Waals surface area (Å²) in [6.45, 7) is 3.13. The maximum Gasteiger partial charge on any atom is 0.255 e. The minimum atomic E-state index is 0.0552. The van der Waals surface area contributed by atoms with Gasteiger partial charge in [0, 0.05) is 18.7 Å². The molecule has 0 saturated carbocycles. The summed E-state index contributed by atoms with van der Waals surface area (Å²) in [6, 6.07) is 10.6. The first-order valence-electron chi connectivity index (χ1n) is 8.29. The molecule has 0 saturated heterocycles. The van der Waals surface area contributed by atoms with Crippen molar-refractivity contribution in [1.29, 1.82) is 0 Å². The lowest BCUT2D eigenvalue weighted by molar-refractivity contribution is 0.653. The minimum absolute atomic E-state index is 0.0552. The summed E-state index contributed by atoms with van der Waals surface area (Å²) in [5.41, 5.74) is 11.5. The van der Waals surface area contributed by atoms with E-state index < -0.39 is 0 Å². The van der Waals surface area contributed by atoms with Gasteiger partial charge in [0.25, 0.3) is 5.56 Å². The van der Waals surface area contributed by atoms with Gasteiger partial charge in [0.1, 0.15) is 0 Å². The van der Waals surface area contributed by atoms with E-state index in [2.05, 4.69) is 25.1 Å². The third-order valence-electron chi connectivity index (χ3n) is 4.56. The predicted octanol–water partition coefficient (Wildman–Crippen LogP) is 3.26. The summed E-state index contributed by atoms with van der Waals surface area (Å²) < 4.78 is 1.88. The second kappa shape index (κ2) is 6.49. The molecule has 1 aromatic heterocycles. The summed E-state index contributed by atoms with van der Waals surface area (Å²) in [4.78, 5) is 12.6. The van der Waals surface area contributed by atoms with Gasteiger partial charge in [-0.1, -0.05) is 25.1 Å². The van der Waals surface area contributed by atoms with Crippen molar-refractivity contribution in [1.82, 2.24) is 4.57 Å². The highest BCUT2D eigenvalue weighted by molar-refractivity contribution is 5.62. The Kier molecular flexibility index (Phi) is 4.44. The van der Waals surface area contributed by atoms with Crippen LogP contribution in [-0.2, 0) is 25.9 Å². The van der Waals surface area contributed by atoms with Crippen LogP contribution in [0.3, 0.4) is 0 Å². The topological polar surface area (TPSA) is 48.0 Å². The van der Waals surface area contributed by atoms with E-state index in [1.54, 1.807) is 0 Å². The third-order valence-corrected chi connectivity index (χ3v) is 4.56. The Labute approximate surface area is 131 Å². The molecule has 1 aliphatic rings. The number of fused-ring (bicyclic) bond motifs is 1. The fourth-order valence-corrected chi connectivity index (χ4v) is 3.37. The van der Waals surface area contributed by atoms with Crippen LogP contribution in [0.25, 0.3) is 11.3 Å². The zero-order chi connectivity index (χ0) is 15.5. The van der Waals surface area contributed by atoms with Crippen molar-refractivity contribution in [2.45, 2.75) is 52.1 Å². The SMILES string of the molecule is CCCn1c(-c2ccc3c(c2)CCCC3)ccc(CN)c1=O. The van der Waals surface area contributed by atoms with E-state index in [0.29, 0.717) is 12.1 Å². The second-order valence-corrected chi connectivity index (χ2v) is 6.10. The molecule has 0 atom stereocenters. The number of benzene rings is 1. The van der Waals surface area contributed by atoms with Crippen molar-refractivity contribution >= 4 is 0 Å². The predicted molar refractivity (Wildman–Crippen MR) is 91.0 cm³/mol. The number of nitrogens with two attached hydrogens (primary N) is 1. The van der Waals surface area contributed by atoms with E-state index in [9.17, 15) is 4.79 Å². The Morgan fingerprint density at radius 1 is 1.09 bits per heavy atom. The van der Waals surface area contributed by atoms with Gasteiger partial charge in [0.05, 0.1) is 5.69 Å². The van der Waals surface area contributed by atoms with Gasteiger partial charge < -0.3 is 10.3 Å². The number of hydrogen-bond acceptors (Lipinski definition) is 2. The van der Waals surface area contributed by atoms with Crippen molar-refractivity contribution in [3.8, 4) is 11.3 Å². The van der Waals surface area contributed by atoms with Crippen LogP contribution in [0.4, 0.5) is 0 Å². The molecule has 2 aromatic rings. The molecule has 3 rings (SSSR count). The van der Waals surface area contributed by atoms with Gasteiger partial charge in [-0.3, -0.25) is 4.79 Å². The fourth-order valence-electron chi connectivity index (χ4n) is 3.37. The largest absolute Gasteiger partial charge is 0.326 e.